The molecule has 0 fully saturated rings. The maximum absolute atomic E-state index is 13.1. The van der Waals surface area contributed by atoms with Crippen LogP contribution in [0.15, 0.2) is 36.4 Å². The number of benzene rings is 2. The summed E-state index contributed by atoms with van der Waals surface area (Å²) in [5, 5.41) is 0. The highest BCUT2D eigenvalue weighted by Gasteiger charge is 2.11. The second-order valence-electron chi connectivity index (χ2n) is 4.66. The van der Waals surface area contributed by atoms with Crippen LogP contribution in [0.25, 0.3) is 0 Å². The molecule has 2 aromatic carbocycles. The predicted molar refractivity (Wildman–Crippen MR) is 70.3 cm³/mol. The third-order valence-electron chi connectivity index (χ3n) is 3.10. The average molecular weight is 260 g/mol. The summed E-state index contributed by atoms with van der Waals surface area (Å²) in [5.74, 6) is -2.15. The fraction of sp³-hybridized carbons (Fsp3) is 0.188. The van der Waals surface area contributed by atoms with E-state index in [4.69, 9.17) is 0 Å². The highest BCUT2D eigenvalue weighted by Crippen LogP contribution is 2.15. The fourth-order valence-electron chi connectivity index (χ4n) is 1.94. The van der Waals surface area contributed by atoms with Gasteiger partial charge in [0.1, 0.15) is 0 Å². The molecule has 98 valence electrons. The maximum atomic E-state index is 13.1. The van der Waals surface area contributed by atoms with E-state index in [2.05, 4.69) is 0 Å². The molecule has 0 atom stereocenters. The largest absolute Gasteiger partial charge is 0.294 e. The lowest BCUT2D eigenvalue weighted by Gasteiger charge is -2.07. The van der Waals surface area contributed by atoms with Crippen LogP contribution in [0.5, 0.6) is 0 Å². The summed E-state index contributed by atoms with van der Waals surface area (Å²) >= 11 is 0. The Morgan fingerprint density at radius 1 is 1.00 bits per heavy atom. The van der Waals surface area contributed by atoms with Gasteiger partial charge in [0.05, 0.1) is 0 Å². The van der Waals surface area contributed by atoms with Gasteiger partial charge in [0.25, 0.3) is 0 Å². The Bertz CT molecular complexity index is 633. The maximum Gasteiger partial charge on any atom is 0.167 e. The molecule has 0 aliphatic heterocycles. The third-order valence-corrected chi connectivity index (χ3v) is 3.10. The lowest BCUT2D eigenvalue weighted by Crippen LogP contribution is -2.06. The number of carbonyl (C=O) groups is 1. The van der Waals surface area contributed by atoms with Crippen molar-refractivity contribution in [2.45, 2.75) is 20.3 Å². The Labute approximate surface area is 110 Å². The molecule has 19 heavy (non-hydrogen) atoms. The minimum atomic E-state index is -0.994. The minimum absolute atomic E-state index is 0.193. The molecule has 0 aliphatic rings. The van der Waals surface area contributed by atoms with Gasteiger partial charge in [-0.3, -0.25) is 4.79 Å². The number of aryl methyl sites for hydroxylation is 2. The lowest BCUT2D eigenvalue weighted by atomic mass is 9.98. The van der Waals surface area contributed by atoms with Crippen molar-refractivity contribution in [1.82, 2.24) is 0 Å². The van der Waals surface area contributed by atoms with E-state index >= 15 is 0 Å². The molecule has 0 spiro atoms. The molecular formula is C16H14F2O. The number of hydrogen-bond donors (Lipinski definition) is 0. The van der Waals surface area contributed by atoms with Crippen molar-refractivity contribution in [3.8, 4) is 0 Å². The molecule has 0 unspecified atom stereocenters. The van der Waals surface area contributed by atoms with E-state index in [0.717, 1.165) is 28.8 Å². The third kappa shape index (κ3) is 3.05. The minimum Gasteiger partial charge on any atom is -0.294 e. The van der Waals surface area contributed by atoms with Crippen LogP contribution in [0.3, 0.4) is 0 Å². The van der Waals surface area contributed by atoms with Crippen LogP contribution in [-0.4, -0.2) is 5.78 Å². The summed E-state index contributed by atoms with van der Waals surface area (Å²) in [6.45, 7) is 3.87. The van der Waals surface area contributed by atoms with Crippen LogP contribution in [0.2, 0.25) is 0 Å². The average Bonchev–Trinajstić information content (AvgIpc) is 2.37. The Balaban J connectivity index is 2.25. The van der Waals surface area contributed by atoms with Crippen molar-refractivity contribution in [3.63, 3.8) is 0 Å². The van der Waals surface area contributed by atoms with Crippen molar-refractivity contribution < 1.29 is 13.6 Å². The quantitative estimate of drug-likeness (QED) is 0.762. The molecule has 2 rings (SSSR count). The van der Waals surface area contributed by atoms with Crippen molar-refractivity contribution >= 4 is 5.78 Å². The van der Waals surface area contributed by atoms with Gasteiger partial charge >= 0.3 is 0 Å². The van der Waals surface area contributed by atoms with Crippen molar-refractivity contribution in [2.75, 3.05) is 0 Å². The van der Waals surface area contributed by atoms with Crippen LogP contribution in [0.1, 0.15) is 27.0 Å². The second-order valence-corrected chi connectivity index (χ2v) is 4.66. The Hall–Kier alpha value is -2.03. The van der Waals surface area contributed by atoms with Gasteiger partial charge in [0, 0.05) is 12.0 Å². The molecule has 0 amide bonds. The number of carbonyl (C=O) groups excluding carboxylic acids is 1. The van der Waals surface area contributed by atoms with Gasteiger partial charge in [0.2, 0.25) is 0 Å². The van der Waals surface area contributed by atoms with E-state index in [1.54, 1.807) is 0 Å². The van der Waals surface area contributed by atoms with Gasteiger partial charge in [-0.25, -0.2) is 8.78 Å². The fourth-order valence-corrected chi connectivity index (χ4v) is 1.94. The molecule has 0 bridgehead atoms. The SMILES string of the molecule is Cc1ccc(C)c(CC(=O)c2ccc(F)c(F)c2)c1. The van der Waals surface area contributed by atoms with Crippen molar-refractivity contribution in [3.05, 3.63) is 70.3 Å². The van der Waals surface area contributed by atoms with E-state index in [9.17, 15) is 13.6 Å². The molecular weight excluding hydrogens is 246 g/mol. The van der Waals surface area contributed by atoms with Gasteiger partial charge in [-0.2, -0.15) is 0 Å². The zero-order valence-corrected chi connectivity index (χ0v) is 10.8. The zero-order chi connectivity index (χ0) is 14.0. The van der Waals surface area contributed by atoms with Crippen molar-refractivity contribution in [2.24, 2.45) is 0 Å². The van der Waals surface area contributed by atoms with E-state index in [1.807, 2.05) is 32.0 Å². The second kappa shape index (κ2) is 5.31. The van der Waals surface area contributed by atoms with Crippen LogP contribution < -0.4 is 0 Å². The van der Waals surface area contributed by atoms with Gasteiger partial charge < -0.3 is 0 Å². The molecule has 0 aliphatic carbocycles. The summed E-state index contributed by atoms with van der Waals surface area (Å²) < 4.78 is 25.9. The van der Waals surface area contributed by atoms with Crippen LogP contribution in [0, 0.1) is 25.5 Å². The van der Waals surface area contributed by atoms with E-state index in [-0.39, 0.29) is 17.8 Å². The number of halogens is 2. The first-order chi connectivity index (χ1) is 8.97. The Kier molecular flexibility index (Phi) is 3.74. The molecule has 0 radical (unpaired) electrons. The lowest BCUT2D eigenvalue weighted by molar-refractivity contribution is 0.0992. The van der Waals surface area contributed by atoms with Crippen LogP contribution >= 0.6 is 0 Å². The summed E-state index contributed by atoms with van der Waals surface area (Å²) in [7, 11) is 0. The monoisotopic (exact) mass is 260 g/mol. The molecule has 3 heteroatoms. The molecule has 0 saturated heterocycles. The smallest absolute Gasteiger partial charge is 0.167 e. The number of rotatable bonds is 3. The van der Waals surface area contributed by atoms with Crippen molar-refractivity contribution in [1.29, 1.82) is 0 Å². The molecule has 2 aromatic rings. The van der Waals surface area contributed by atoms with Gasteiger partial charge in [-0.15, -0.1) is 0 Å². The molecule has 1 nitrogen and oxygen atoms in total. The standard InChI is InChI=1S/C16H14F2O/c1-10-3-4-11(2)13(7-10)9-16(19)12-5-6-14(17)15(18)8-12/h3-8H,9H2,1-2H3. The molecule has 0 saturated carbocycles. The van der Waals surface area contributed by atoms with Gasteiger partial charge in [-0.1, -0.05) is 23.8 Å². The van der Waals surface area contributed by atoms with E-state index < -0.39 is 11.6 Å². The zero-order valence-electron chi connectivity index (χ0n) is 10.8. The molecule has 0 aromatic heterocycles. The normalized spacial score (nSPS) is 10.5. The Morgan fingerprint density at radius 3 is 2.42 bits per heavy atom. The van der Waals surface area contributed by atoms with Crippen LogP contribution in [0.4, 0.5) is 8.78 Å². The summed E-state index contributed by atoms with van der Waals surface area (Å²) in [5.41, 5.74) is 3.19. The van der Waals surface area contributed by atoms with Gasteiger partial charge in [0.15, 0.2) is 17.4 Å². The molecule has 0 heterocycles. The van der Waals surface area contributed by atoms with E-state index in [0.29, 0.717) is 0 Å². The predicted octanol–water partition coefficient (Wildman–Crippen LogP) is 4.01. The highest BCUT2D eigenvalue weighted by atomic mass is 19.2. The summed E-state index contributed by atoms with van der Waals surface area (Å²) in [4.78, 5) is 12.1. The summed E-state index contributed by atoms with van der Waals surface area (Å²) in [6, 6.07) is 9.09. The molecule has 0 N–H and O–H groups in total. The number of ketones is 1. The Morgan fingerprint density at radius 2 is 1.74 bits per heavy atom. The number of hydrogen-bond acceptors (Lipinski definition) is 1. The van der Waals surface area contributed by atoms with Crippen LogP contribution in [-0.2, 0) is 6.42 Å². The first kappa shape index (κ1) is 13.4. The van der Waals surface area contributed by atoms with Gasteiger partial charge in [-0.05, 0) is 43.2 Å². The topological polar surface area (TPSA) is 17.1 Å². The van der Waals surface area contributed by atoms with E-state index in [1.165, 1.54) is 6.07 Å². The highest BCUT2D eigenvalue weighted by molar-refractivity contribution is 5.97. The first-order valence-corrected chi connectivity index (χ1v) is 6.02. The first-order valence-electron chi connectivity index (χ1n) is 6.02. The summed E-state index contributed by atoms with van der Waals surface area (Å²) in [6.07, 6.45) is 0.193. The number of Topliss-reactive ketones (excluding diaryl/α,β-unsaturated/α-hetero) is 1.